The first-order valence-corrected chi connectivity index (χ1v) is 7.29. The van der Waals surface area contributed by atoms with Crippen LogP contribution in [0.4, 0.5) is 0 Å². The maximum atomic E-state index is 12.5. The highest BCUT2D eigenvalue weighted by atomic mass is 35.5. The van der Waals surface area contributed by atoms with Gasteiger partial charge in [0.05, 0.1) is 24.1 Å². The highest BCUT2D eigenvalue weighted by molar-refractivity contribution is 6.30. The van der Waals surface area contributed by atoms with Crippen LogP contribution in [0, 0.1) is 0 Å². The van der Waals surface area contributed by atoms with E-state index in [4.69, 9.17) is 16.7 Å². The maximum absolute atomic E-state index is 12.5. The van der Waals surface area contributed by atoms with Crippen LogP contribution in [0.3, 0.4) is 0 Å². The molecule has 1 heterocycles. The molecule has 1 fully saturated rings. The summed E-state index contributed by atoms with van der Waals surface area (Å²) in [6.45, 7) is 0.350. The number of rotatable bonds is 5. The van der Waals surface area contributed by atoms with Gasteiger partial charge in [-0.05, 0) is 37.1 Å². The number of halogens is 1. The summed E-state index contributed by atoms with van der Waals surface area (Å²) in [4.78, 5) is 14.2. The van der Waals surface area contributed by atoms with Crippen LogP contribution in [0.25, 0.3) is 5.69 Å². The molecule has 0 bridgehead atoms. The number of hydrogen-bond donors (Lipinski definition) is 1. The van der Waals surface area contributed by atoms with Crippen LogP contribution in [-0.2, 0) is 0 Å². The molecule has 3 rings (SSSR count). The minimum absolute atomic E-state index is 0.0203. The molecule has 2 aromatic rings. The Morgan fingerprint density at radius 1 is 1.38 bits per heavy atom. The minimum atomic E-state index is -0.0771. The van der Waals surface area contributed by atoms with Gasteiger partial charge in [-0.2, -0.15) is 5.10 Å². The van der Waals surface area contributed by atoms with Gasteiger partial charge in [0, 0.05) is 23.8 Å². The normalized spacial score (nSPS) is 14.2. The summed E-state index contributed by atoms with van der Waals surface area (Å²) in [7, 11) is 0. The van der Waals surface area contributed by atoms with E-state index in [1.165, 1.54) is 0 Å². The lowest BCUT2D eigenvalue weighted by Crippen LogP contribution is -2.35. The van der Waals surface area contributed by atoms with Crippen LogP contribution in [-0.4, -0.2) is 44.9 Å². The van der Waals surface area contributed by atoms with Crippen molar-refractivity contribution < 1.29 is 9.90 Å². The first-order valence-electron chi connectivity index (χ1n) is 6.91. The third-order valence-corrected chi connectivity index (χ3v) is 3.76. The van der Waals surface area contributed by atoms with Gasteiger partial charge in [0.1, 0.15) is 0 Å². The molecule has 1 aromatic heterocycles. The number of nitrogens with zero attached hydrogens (tertiary/aromatic N) is 3. The number of hydrogen-bond acceptors (Lipinski definition) is 3. The van der Waals surface area contributed by atoms with E-state index in [2.05, 4.69) is 5.10 Å². The van der Waals surface area contributed by atoms with Crippen molar-refractivity contribution in [3.8, 4) is 5.69 Å². The average molecular weight is 306 g/mol. The summed E-state index contributed by atoms with van der Waals surface area (Å²) in [6.07, 6.45) is 5.29. The van der Waals surface area contributed by atoms with Gasteiger partial charge < -0.3 is 10.0 Å². The molecule has 110 valence electrons. The van der Waals surface area contributed by atoms with Crippen molar-refractivity contribution in [1.82, 2.24) is 14.7 Å². The first kappa shape index (κ1) is 14.1. The van der Waals surface area contributed by atoms with Crippen LogP contribution < -0.4 is 0 Å². The van der Waals surface area contributed by atoms with Crippen molar-refractivity contribution in [2.45, 2.75) is 18.9 Å². The number of aliphatic hydroxyl groups excluding tert-OH is 1. The maximum Gasteiger partial charge on any atom is 0.257 e. The molecule has 1 amide bonds. The summed E-state index contributed by atoms with van der Waals surface area (Å²) >= 11 is 5.86. The number of amides is 1. The van der Waals surface area contributed by atoms with E-state index in [-0.39, 0.29) is 18.6 Å². The van der Waals surface area contributed by atoms with Gasteiger partial charge in [-0.1, -0.05) is 11.6 Å². The van der Waals surface area contributed by atoms with E-state index < -0.39 is 0 Å². The first-order chi connectivity index (χ1) is 10.2. The summed E-state index contributed by atoms with van der Waals surface area (Å²) in [6, 6.07) is 7.51. The van der Waals surface area contributed by atoms with Gasteiger partial charge >= 0.3 is 0 Å². The van der Waals surface area contributed by atoms with E-state index in [0.29, 0.717) is 17.1 Å². The molecule has 21 heavy (non-hydrogen) atoms. The molecule has 0 unspecified atom stereocenters. The lowest BCUT2D eigenvalue weighted by Gasteiger charge is -2.20. The third kappa shape index (κ3) is 3.09. The minimum Gasteiger partial charge on any atom is -0.395 e. The molecule has 0 radical (unpaired) electrons. The molecular formula is C15H16ClN3O2. The Balaban J connectivity index is 1.80. The van der Waals surface area contributed by atoms with Crippen LogP contribution >= 0.6 is 11.6 Å². The van der Waals surface area contributed by atoms with Crippen LogP contribution in [0.1, 0.15) is 23.2 Å². The van der Waals surface area contributed by atoms with Gasteiger partial charge in [0.2, 0.25) is 0 Å². The van der Waals surface area contributed by atoms with Crippen LogP contribution in [0.5, 0.6) is 0 Å². The second-order valence-electron chi connectivity index (χ2n) is 5.10. The third-order valence-electron chi connectivity index (χ3n) is 3.51. The summed E-state index contributed by atoms with van der Waals surface area (Å²) in [5.41, 5.74) is 1.38. The average Bonchev–Trinajstić information content (AvgIpc) is 3.21. The molecule has 0 spiro atoms. The van der Waals surface area contributed by atoms with E-state index in [0.717, 1.165) is 18.5 Å². The second-order valence-corrected chi connectivity index (χ2v) is 5.54. The van der Waals surface area contributed by atoms with Gasteiger partial charge in [-0.3, -0.25) is 4.79 Å². The largest absolute Gasteiger partial charge is 0.395 e. The molecule has 0 saturated heterocycles. The lowest BCUT2D eigenvalue weighted by atomic mass is 10.3. The fraction of sp³-hybridized carbons (Fsp3) is 0.333. The zero-order chi connectivity index (χ0) is 14.8. The highest BCUT2D eigenvalue weighted by Crippen LogP contribution is 2.28. The zero-order valence-electron chi connectivity index (χ0n) is 11.4. The van der Waals surface area contributed by atoms with E-state index in [9.17, 15) is 4.79 Å². The Bertz CT molecular complexity index is 635. The molecular weight excluding hydrogens is 290 g/mol. The quantitative estimate of drug-likeness (QED) is 0.920. The Morgan fingerprint density at radius 3 is 2.71 bits per heavy atom. The van der Waals surface area contributed by atoms with Crippen molar-refractivity contribution in [2.24, 2.45) is 0 Å². The zero-order valence-corrected chi connectivity index (χ0v) is 12.2. The smallest absolute Gasteiger partial charge is 0.257 e. The number of aliphatic hydroxyl groups is 1. The summed E-state index contributed by atoms with van der Waals surface area (Å²) in [5, 5.41) is 14.0. The van der Waals surface area contributed by atoms with Crippen molar-refractivity contribution in [3.05, 3.63) is 47.2 Å². The van der Waals surface area contributed by atoms with Crippen LogP contribution in [0.15, 0.2) is 36.7 Å². The predicted molar refractivity (Wildman–Crippen MR) is 79.7 cm³/mol. The molecule has 0 aliphatic heterocycles. The van der Waals surface area contributed by atoms with Crippen molar-refractivity contribution in [1.29, 1.82) is 0 Å². The SMILES string of the molecule is O=C(c1cnn(-c2ccc(Cl)cc2)c1)N(CCO)C1CC1. The van der Waals surface area contributed by atoms with Gasteiger partial charge in [0.15, 0.2) is 0 Å². The Morgan fingerprint density at radius 2 is 2.10 bits per heavy atom. The van der Waals surface area contributed by atoms with Crippen LogP contribution in [0.2, 0.25) is 5.02 Å². The van der Waals surface area contributed by atoms with E-state index in [1.807, 2.05) is 12.1 Å². The van der Waals surface area contributed by atoms with E-state index >= 15 is 0 Å². The monoisotopic (exact) mass is 305 g/mol. The highest BCUT2D eigenvalue weighted by Gasteiger charge is 2.33. The standard InChI is InChI=1S/C15H16ClN3O2/c16-12-1-3-14(4-2-12)19-10-11(9-17-19)15(21)18(7-8-20)13-5-6-13/h1-4,9-10,13,20H,5-8H2. The molecule has 6 heteroatoms. The molecule has 1 aromatic carbocycles. The molecule has 1 saturated carbocycles. The second kappa shape index (κ2) is 5.87. The van der Waals surface area contributed by atoms with Crippen molar-refractivity contribution >= 4 is 17.5 Å². The molecule has 1 aliphatic rings. The van der Waals surface area contributed by atoms with Gasteiger partial charge in [-0.15, -0.1) is 0 Å². The lowest BCUT2D eigenvalue weighted by molar-refractivity contribution is 0.0707. The topological polar surface area (TPSA) is 58.4 Å². The number of carbonyl (C=O) groups excluding carboxylic acids is 1. The predicted octanol–water partition coefficient (Wildman–Crippen LogP) is 2.12. The number of aromatic nitrogens is 2. The van der Waals surface area contributed by atoms with Crippen molar-refractivity contribution in [2.75, 3.05) is 13.2 Å². The number of benzene rings is 1. The summed E-state index contributed by atoms with van der Waals surface area (Å²) < 4.78 is 1.65. The summed E-state index contributed by atoms with van der Waals surface area (Å²) in [5.74, 6) is -0.0771. The fourth-order valence-corrected chi connectivity index (χ4v) is 2.40. The van der Waals surface area contributed by atoms with Crippen molar-refractivity contribution in [3.63, 3.8) is 0 Å². The Labute approximate surface area is 127 Å². The van der Waals surface area contributed by atoms with Gasteiger partial charge in [-0.25, -0.2) is 4.68 Å². The Hall–Kier alpha value is -1.85. The molecule has 1 N–H and O–H groups in total. The number of carbonyl (C=O) groups is 1. The Kier molecular flexibility index (Phi) is 3.94. The molecule has 0 atom stereocenters. The molecule has 1 aliphatic carbocycles. The van der Waals surface area contributed by atoms with E-state index in [1.54, 1.807) is 34.1 Å². The van der Waals surface area contributed by atoms with Gasteiger partial charge in [0.25, 0.3) is 5.91 Å². The molecule has 5 nitrogen and oxygen atoms in total. The fourth-order valence-electron chi connectivity index (χ4n) is 2.28.